The van der Waals surface area contributed by atoms with Gasteiger partial charge < -0.3 is 10.7 Å². The van der Waals surface area contributed by atoms with Crippen LogP contribution in [0.3, 0.4) is 0 Å². The second kappa shape index (κ2) is 4.13. The van der Waals surface area contributed by atoms with Crippen LogP contribution in [0.4, 0.5) is 17.3 Å². The van der Waals surface area contributed by atoms with Crippen molar-refractivity contribution in [3.05, 3.63) is 16.4 Å². The third-order valence-corrected chi connectivity index (χ3v) is 3.02. The van der Waals surface area contributed by atoms with Gasteiger partial charge in [0.05, 0.1) is 4.92 Å². The van der Waals surface area contributed by atoms with Crippen LogP contribution < -0.4 is 16.6 Å². The van der Waals surface area contributed by atoms with Gasteiger partial charge in [-0.15, -0.1) is 0 Å². The number of hydrogen-bond acceptors (Lipinski definition) is 7. The van der Waals surface area contributed by atoms with Crippen LogP contribution in [0.2, 0.25) is 0 Å². The van der Waals surface area contributed by atoms with Crippen molar-refractivity contribution in [2.45, 2.75) is 31.7 Å². The highest BCUT2D eigenvalue weighted by Gasteiger charge is 2.35. The number of rotatable bonds is 4. The van der Waals surface area contributed by atoms with E-state index in [0.717, 1.165) is 19.3 Å². The van der Waals surface area contributed by atoms with Gasteiger partial charge in [-0.2, -0.15) is 0 Å². The van der Waals surface area contributed by atoms with Gasteiger partial charge >= 0.3 is 5.69 Å². The molecule has 8 nitrogen and oxygen atoms in total. The van der Waals surface area contributed by atoms with E-state index in [0.29, 0.717) is 0 Å². The maximum absolute atomic E-state index is 11.0. The number of nitrogens with two attached hydrogens (primary N) is 1. The fourth-order valence-corrected chi connectivity index (χ4v) is 1.87. The summed E-state index contributed by atoms with van der Waals surface area (Å²) in [6, 6.07) is 0. The fraction of sp³-hybridized carbons (Fsp3) is 0.556. The summed E-state index contributed by atoms with van der Waals surface area (Å²) in [6.45, 7) is 2.01. The zero-order valence-corrected chi connectivity index (χ0v) is 9.43. The molecule has 0 bridgehead atoms. The molecule has 0 radical (unpaired) electrons. The lowest BCUT2D eigenvalue weighted by Crippen LogP contribution is -2.42. The lowest BCUT2D eigenvalue weighted by molar-refractivity contribution is -0.383. The summed E-state index contributed by atoms with van der Waals surface area (Å²) in [4.78, 5) is 18.1. The molecule has 0 saturated heterocycles. The van der Waals surface area contributed by atoms with E-state index in [1.54, 1.807) is 0 Å². The molecule has 1 aromatic heterocycles. The van der Waals surface area contributed by atoms with E-state index in [2.05, 4.69) is 20.7 Å². The molecular weight excluding hydrogens is 224 g/mol. The molecule has 0 spiro atoms. The molecule has 0 aliphatic heterocycles. The number of nitrogens with zero attached hydrogens (tertiary/aromatic N) is 3. The van der Waals surface area contributed by atoms with E-state index >= 15 is 0 Å². The van der Waals surface area contributed by atoms with Crippen molar-refractivity contribution < 1.29 is 4.92 Å². The molecule has 92 valence electrons. The lowest BCUT2D eigenvalue weighted by atomic mass is 9.78. The molecule has 0 aromatic carbocycles. The maximum atomic E-state index is 11.0. The van der Waals surface area contributed by atoms with Gasteiger partial charge in [-0.25, -0.2) is 15.8 Å². The molecular formula is C9H14N6O2. The van der Waals surface area contributed by atoms with Crippen molar-refractivity contribution in [2.24, 2.45) is 5.84 Å². The molecule has 0 amide bonds. The van der Waals surface area contributed by atoms with Gasteiger partial charge in [0.15, 0.2) is 0 Å². The Kier molecular flexibility index (Phi) is 2.80. The van der Waals surface area contributed by atoms with Crippen LogP contribution in [0, 0.1) is 10.1 Å². The van der Waals surface area contributed by atoms with Crippen molar-refractivity contribution in [1.29, 1.82) is 0 Å². The Morgan fingerprint density at radius 2 is 2.12 bits per heavy atom. The Morgan fingerprint density at radius 3 is 2.59 bits per heavy atom. The van der Waals surface area contributed by atoms with Gasteiger partial charge in [-0.3, -0.25) is 10.1 Å². The van der Waals surface area contributed by atoms with Crippen LogP contribution in [0.1, 0.15) is 26.2 Å². The molecule has 1 saturated carbocycles. The first-order valence-corrected chi connectivity index (χ1v) is 5.30. The van der Waals surface area contributed by atoms with E-state index < -0.39 is 4.92 Å². The summed E-state index contributed by atoms with van der Waals surface area (Å²) >= 11 is 0. The van der Waals surface area contributed by atoms with E-state index in [4.69, 9.17) is 5.84 Å². The number of anilines is 2. The Morgan fingerprint density at radius 1 is 1.47 bits per heavy atom. The molecule has 4 N–H and O–H groups in total. The van der Waals surface area contributed by atoms with Crippen molar-refractivity contribution in [1.82, 2.24) is 9.97 Å². The highest BCUT2D eigenvalue weighted by Crippen LogP contribution is 2.37. The third kappa shape index (κ3) is 2.11. The molecule has 1 aliphatic carbocycles. The van der Waals surface area contributed by atoms with Crippen molar-refractivity contribution in [2.75, 3.05) is 10.7 Å². The highest BCUT2D eigenvalue weighted by atomic mass is 16.6. The van der Waals surface area contributed by atoms with Crippen LogP contribution in [-0.4, -0.2) is 20.4 Å². The van der Waals surface area contributed by atoms with E-state index in [-0.39, 0.29) is 22.9 Å². The monoisotopic (exact) mass is 238 g/mol. The van der Waals surface area contributed by atoms with Crippen LogP contribution in [0.15, 0.2) is 6.33 Å². The second-order valence-electron chi connectivity index (χ2n) is 4.36. The number of nitrogen functional groups attached to an aromatic ring is 1. The molecule has 2 rings (SSSR count). The smallest absolute Gasteiger partial charge is 0.354 e. The quantitative estimate of drug-likeness (QED) is 0.407. The Bertz CT molecular complexity index is 445. The molecule has 1 heterocycles. The number of nitrogens with one attached hydrogen (secondary N) is 2. The van der Waals surface area contributed by atoms with Crippen LogP contribution in [0.5, 0.6) is 0 Å². The number of nitro groups is 1. The summed E-state index contributed by atoms with van der Waals surface area (Å²) in [7, 11) is 0. The zero-order chi connectivity index (χ0) is 12.5. The average molecular weight is 238 g/mol. The third-order valence-electron chi connectivity index (χ3n) is 3.02. The SMILES string of the molecule is CC1(Nc2ncnc(NN)c2[N+](=O)[O-])CCC1. The first-order chi connectivity index (χ1) is 8.06. The van der Waals surface area contributed by atoms with Crippen LogP contribution in [0.25, 0.3) is 0 Å². The maximum Gasteiger partial charge on any atom is 0.354 e. The molecule has 17 heavy (non-hydrogen) atoms. The van der Waals surface area contributed by atoms with Gasteiger partial charge in [0.2, 0.25) is 11.6 Å². The summed E-state index contributed by atoms with van der Waals surface area (Å²) < 4.78 is 0. The number of hydrazine groups is 1. The van der Waals surface area contributed by atoms with Gasteiger partial charge in [-0.1, -0.05) is 0 Å². The molecule has 1 aliphatic rings. The van der Waals surface area contributed by atoms with Crippen LogP contribution >= 0.6 is 0 Å². The summed E-state index contributed by atoms with van der Waals surface area (Å²) in [5.41, 5.74) is 1.87. The molecule has 0 atom stereocenters. The van der Waals surface area contributed by atoms with Gasteiger partial charge in [0.1, 0.15) is 6.33 Å². The fourth-order valence-electron chi connectivity index (χ4n) is 1.87. The normalized spacial score (nSPS) is 17.1. The second-order valence-corrected chi connectivity index (χ2v) is 4.36. The first-order valence-electron chi connectivity index (χ1n) is 5.30. The topological polar surface area (TPSA) is 119 Å². The minimum atomic E-state index is -0.542. The predicted octanol–water partition coefficient (Wildman–Crippen LogP) is 1.02. The molecule has 0 unspecified atom stereocenters. The molecule has 1 aromatic rings. The van der Waals surface area contributed by atoms with E-state index in [9.17, 15) is 10.1 Å². The summed E-state index contributed by atoms with van der Waals surface area (Å²) in [5, 5.41) is 14.1. The van der Waals surface area contributed by atoms with Gasteiger partial charge in [0.25, 0.3) is 0 Å². The first kappa shape index (κ1) is 11.5. The summed E-state index contributed by atoms with van der Waals surface area (Å²) in [6.07, 6.45) is 4.30. The Labute approximate surface area is 97.8 Å². The Balaban J connectivity index is 2.35. The number of hydrogen-bond donors (Lipinski definition) is 3. The van der Waals surface area contributed by atoms with E-state index in [1.807, 2.05) is 6.92 Å². The molecule has 8 heteroatoms. The molecule has 1 fully saturated rings. The summed E-state index contributed by atoms with van der Waals surface area (Å²) in [5.74, 6) is 5.41. The van der Waals surface area contributed by atoms with Gasteiger partial charge in [-0.05, 0) is 26.2 Å². The highest BCUT2D eigenvalue weighted by molar-refractivity contribution is 5.69. The van der Waals surface area contributed by atoms with Crippen molar-refractivity contribution in [3.63, 3.8) is 0 Å². The predicted molar refractivity (Wildman–Crippen MR) is 62.4 cm³/mol. The van der Waals surface area contributed by atoms with E-state index in [1.165, 1.54) is 6.33 Å². The minimum Gasteiger partial charge on any atom is -0.359 e. The van der Waals surface area contributed by atoms with Crippen LogP contribution in [-0.2, 0) is 0 Å². The average Bonchev–Trinajstić information content (AvgIpc) is 2.26. The number of aromatic nitrogens is 2. The minimum absolute atomic E-state index is 0.00965. The van der Waals surface area contributed by atoms with Crippen molar-refractivity contribution >= 4 is 17.3 Å². The zero-order valence-electron chi connectivity index (χ0n) is 9.43. The van der Waals surface area contributed by atoms with Crippen molar-refractivity contribution in [3.8, 4) is 0 Å². The van der Waals surface area contributed by atoms with Gasteiger partial charge in [0, 0.05) is 5.54 Å². The standard InChI is InChI=1S/C9H14N6O2/c1-9(3-2-4-9)13-7-6(15(16)17)8(14-10)12-5-11-7/h5H,2-4,10H2,1H3,(H2,11,12,13,14). The lowest BCUT2D eigenvalue weighted by Gasteiger charge is -2.39. The Hall–Kier alpha value is -1.96. The largest absolute Gasteiger partial charge is 0.359 e.